The van der Waals surface area contributed by atoms with Crippen LogP contribution in [0.1, 0.15) is 42.5 Å². The number of likely N-dealkylation sites (tertiary alicyclic amines) is 1. The predicted molar refractivity (Wildman–Crippen MR) is 121 cm³/mol. The highest BCUT2D eigenvalue weighted by molar-refractivity contribution is 6.45. The van der Waals surface area contributed by atoms with Gasteiger partial charge in [0.25, 0.3) is 11.8 Å². The van der Waals surface area contributed by atoms with Gasteiger partial charge in [-0.05, 0) is 73.1 Å². The first-order chi connectivity index (χ1) is 14.8. The maximum Gasteiger partial charge on any atom is 0.282 e. The molecule has 2 aliphatic rings. The highest BCUT2D eigenvalue weighted by Gasteiger charge is 2.43. The monoisotopic (exact) mass is 413 g/mol. The van der Waals surface area contributed by atoms with Crippen molar-refractivity contribution in [3.8, 4) is 6.07 Å². The number of benzene rings is 2. The van der Waals surface area contributed by atoms with Crippen LogP contribution in [-0.4, -0.2) is 29.8 Å². The molecule has 0 radical (unpaired) electrons. The topological polar surface area (TPSA) is 64.4 Å². The molecule has 31 heavy (non-hydrogen) atoms. The van der Waals surface area contributed by atoms with E-state index < -0.39 is 0 Å². The lowest BCUT2D eigenvalue weighted by Gasteiger charge is -2.37. The summed E-state index contributed by atoms with van der Waals surface area (Å²) in [5.41, 5.74) is 4.95. The van der Waals surface area contributed by atoms with Crippen molar-refractivity contribution in [2.45, 2.75) is 34.1 Å². The number of anilines is 1. The van der Waals surface area contributed by atoms with Crippen molar-refractivity contribution < 1.29 is 9.59 Å². The number of amides is 2. The van der Waals surface area contributed by atoms with Crippen LogP contribution in [-0.2, 0) is 9.59 Å². The molecule has 0 aliphatic carbocycles. The van der Waals surface area contributed by atoms with E-state index in [0.29, 0.717) is 34.4 Å². The molecule has 2 aliphatic heterocycles. The van der Waals surface area contributed by atoms with Crippen LogP contribution in [0.2, 0.25) is 0 Å². The SMILES string of the molecule is Cc1ccc(C2=C(N3CC(C)CC(C)C3)C(=O)N(c3ccc(C#N)cc3)C2=O)cc1C. The maximum atomic E-state index is 13.7. The van der Waals surface area contributed by atoms with Crippen LogP contribution in [0.3, 0.4) is 0 Å². The third kappa shape index (κ3) is 3.74. The average Bonchev–Trinajstić information content (AvgIpc) is 2.99. The number of aryl methyl sites for hydroxylation is 2. The normalized spacial score (nSPS) is 21.6. The average molecular weight is 414 g/mol. The van der Waals surface area contributed by atoms with Crippen LogP contribution in [0, 0.1) is 37.0 Å². The van der Waals surface area contributed by atoms with Gasteiger partial charge in [0.05, 0.1) is 22.9 Å². The standard InChI is InChI=1S/C26H27N3O2/c1-16-11-17(2)15-28(14-16)24-23(21-8-5-18(3)19(4)12-21)25(30)29(26(24)31)22-9-6-20(13-27)7-10-22/h5-10,12,16-17H,11,14-15H2,1-4H3. The second kappa shape index (κ2) is 8.03. The lowest BCUT2D eigenvalue weighted by atomic mass is 9.90. The van der Waals surface area contributed by atoms with Gasteiger partial charge in [-0.3, -0.25) is 9.59 Å². The summed E-state index contributed by atoms with van der Waals surface area (Å²) in [7, 11) is 0. The minimum absolute atomic E-state index is 0.288. The zero-order valence-corrected chi connectivity index (χ0v) is 18.5. The molecule has 1 fully saturated rings. The molecule has 0 aromatic heterocycles. The Balaban J connectivity index is 1.84. The Kier molecular flexibility index (Phi) is 5.41. The summed E-state index contributed by atoms with van der Waals surface area (Å²) in [4.78, 5) is 30.7. The molecule has 1 saturated heterocycles. The van der Waals surface area contributed by atoms with Crippen LogP contribution in [0.4, 0.5) is 5.69 Å². The summed E-state index contributed by atoms with van der Waals surface area (Å²) in [6, 6.07) is 14.6. The minimum atomic E-state index is -0.307. The molecule has 2 unspecified atom stereocenters. The second-order valence-corrected chi connectivity index (χ2v) is 8.98. The summed E-state index contributed by atoms with van der Waals surface area (Å²) >= 11 is 0. The zero-order chi connectivity index (χ0) is 22.3. The molecule has 2 atom stereocenters. The van der Waals surface area contributed by atoms with Crippen molar-refractivity contribution in [3.63, 3.8) is 0 Å². The molecule has 2 aromatic rings. The third-order valence-corrected chi connectivity index (χ3v) is 6.29. The van der Waals surface area contributed by atoms with Gasteiger partial charge in [-0.2, -0.15) is 5.26 Å². The Bertz CT molecular complexity index is 1110. The van der Waals surface area contributed by atoms with E-state index in [9.17, 15) is 9.59 Å². The molecule has 0 N–H and O–H groups in total. The lowest BCUT2D eigenvalue weighted by Crippen LogP contribution is -2.42. The molecule has 4 rings (SSSR count). The van der Waals surface area contributed by atoms with Crippen LogP contribution in [0.5, 0.6) is 0 Å². The van der Waals surface area contributed by atoms with E-state index in [1.54, 1.807) is 24.3 Å². The van der Waals surface area contributed by atoms with E-state index >= 15 is 0 Å². The molecule has 0 saturated carbocycles. The van der Waals surface area contributed by atoms with Gasteiger partial charge < -0.3 is 4.90 Å². The third-order valence-electron chi connectivity index (χ3n) is 6.29. The van der Waals surface area contributed by atoms with Crippen molar-refractivity contribution in [2.24, 2.45) is 11.8 Å². The highest BCUT2D eigenvalue weighted by atomic mass is 16.2. The first kappa shape index (κ1) is 20.9. The molecule has 0 bridgehead atoms. The van der Waals surface area contributed by atoms with Crippen molar-refractivity contribution in [1.82, 2.24) is 4.90 Å². The van der Waals surface area contributed by atoms with Gasteiger partial charge in [0.1, 0.15) is 5.70 Å². The first-order valence-corrected chi connectivity index (χ1v) is 10.8. The summed E-state index contributed by atoms with van der Waals surface area (Å²) in [5, 5.41) is 9.09. The van der Waals surface area contributed by atoms with E-state index in [1.165, 1.54) is 4.90 Å². The van der Waals surface area contributed by atoms with Crippen molar-refractivity contribution in [3.05, 3.63) is 70.4 Å². The van der Waals surface area contributed by atoms with Crippen molar-refractivity contribution >= 4 is 23.1 Å². The number of imide groups is 1. The summed E-state index contributed by atoms with van der Waals surface area (Å²) < 4.78 is 0. The minimum Gasteiger partial charge on any atom is -0.366 e. The van der Waals surface area contributed by atoms with Gasteiger partial charge in [-0.25, -0.2) is 4.90 Å². The molecular formula is C26H27N3O2. The number of hydrogen-bond acceptors (Lipinski definition) is 4. The fourth-order valence-electron chi connectivity index (χ4n) is 4.73. The van der Waals surface area contributed by atoms with E-state index in [1.807, 2.05) is 32.0 Å². The molecule has 2 aromatic carbocycles. The number of hydrogen-bond donors (Lipinski definition) is 0. The Labute approximate surface area is 183 Å². The van der Waals surface area contributed by atoms with E-state index in [2.05, 4.69) is 24.8 Å². The molecule has 5 heteroatoms. The van der Waals surface area contributed by atoms with Crippen LogP contribution >= 0.6 is 0 Å². The van der Waals surface area contributed by atoms with Gasteiger partial charge in [0.2, 0.25) is 0 Å². The van der Waals surface area contributed by atoms with Gasteiger partial charge in [0, 0.05) is 13.1 Å². The fraction of sp³-hybridized carbons (Fsp3) is 0.346. The Hall–Kier alpha value is -3.39. The molecule has 0 spiro atoms. The number of rotatable bonds is 3. The van der Waals surface area contributed by atoms with E-state index in [0.717, 1.165) is 36.2 Å². The van der Waals surface area contributed by atoms with Crippen molar-refractivity contribution in [2.75, 3.05) is 18.0 Å². The van der Waals surface area contributed by atoms with E-state index in [-0.39, 0.29) is 11.8 Å². The van der Waals surface area contributed by atoms with Crippen LogP contribution < -0.4 is 4.90 Å². The predicted octanol–water partition coefficient (Wildman–Crippen LogP) is 4.44. The fourth-order valence-corrected chi connectivity index (χ4v) is 4.73. The van der Waals surface area contributed by atoms with Gasteiger partial charge >= 0.3 is 0 Å². The summed E-state index contributed by atoms with van der Waals surface area (Å²) in [5.74, 6) is 0.302. The molecule has 158 valence electrons. The maximum absolute atomic E-state index is 13.7. The van der Waals surface area contributed by atoms with Gasteiger partial charge in [0.15, 0.2) is 0 Å². The number of carbonyl (C=O) groups is 2. The molecule has 2 amide bonds. The van der Waals surface area contributed by atoms with Crippen LogP contribution in [0.25, 0.3) is 5.57 Å². The van der Waals surface area contributed by atoms with Gasteiger partial charge in [-0.1, -0.05) is 32.0 Å². The zero-order valence-electron chi connectivity index (χ0n) is 18.5. The number of nitrogens with zero attached hydrogens (tertiary/aromatic N) is 3. The summed E-state index contributed by atoms with van der Waals surface area (Å²) in [6.45, 7) is 9.95. The van der Waals surface area contributed by atoms with Crippen LogP contribution in [0.15, 0.2) is 48.2 Å². The Morgan fingerprint density at radius 3 is 2.13 bits per heavy atom. The second-order valence-electron chi connectivity index (χ2n) is 8.98. The Morgan fingerprint density at radius 2 is 1.55 bits per heavy atom. The highest BCUT2D eigenvalue weighted by Crippen LogP contribution is 2.37. The van der Waals surface area contributed by atoms with Gasteiger partial charge in [-0.15, -0.1) is 0 Å². The smallest absolute Gasteiger partial charge is 0.282 e. The van der Waals surface area contributed by atoms with E-state index in [4.69, 9.17) is 5.26 Å². The molecule has 2 heterocycles. The number of nitriles is 1. The number of piperidine rings is 1. The lowest BCUT2D eigenvalue weighted by molar-refractivity contribution is -0.120. The van der Waals surface area contributed by atoms with Crippen molar-refractivity contribution in [1.29, 1.82) is 5.26 Å². The molecular weight excluding hydrogens is 386 g/mol. The number of carbonyl (C=O) groups excluding carboxylic acids is 2. The quantitative estimate of drug-likeness (QED) is 0.698. The Morgan fingerprint density at radius 1 is 0.903 bits per heavy atom. The summed E-state index contributed by atoms with van der Waals surface area (Å²) in [6.07, 6.45) is 1.12. The first-order valence-electron chi connectivity index (χ1n) is 10.8. The largest absolute Gasteiger partial charge is 0.366 e. The molecule has 5 nitrogen and oxygen atoms in total.